The maximum absolute atomic E-state index is 12.6. The monoisotopic (exact) mass is 405 g/mol. The number of nitrogens with zero attached hydrogens (tertiary/aromatic N) is 3. The highest BCUT2D eigenvalue weighted by molar-refractivity contribution is 7.93. The Kier molecular flexibility index (Phi) is 6.15. The molecule has 0 aliphatic heterocycles. The standard InChI is InChI=1S/C18H23N5O2S2/c1-10(2)12-7-13(11-8-21-18(20-3)22-9-11)23-16-14(12)15(19)17(26-16)27(24)6-5-25-4/h7-10H,5-6,19H2,1-4H3,(H,20,21,22)/t27-/m0/s1. The van der Waals surface area contributed by atoms with Crippen LogP contribution in [-0.4, -0.2) is 46.0 Å². The zero-order valence-electron chi connectivity index (χ0n) is 15.8. The molecule has 144 valence electrons. The molecule has 0 radical (unpaired) electrons. The minimum Gasteiger partial charge on any atom is -0.611 e. The van der Waals surface area contributed by atoms with E-state index < -0.39 is 11.2 Å². The maximum Gasteiger partial charge on any atom is 0.232 e. The van der Waals surface area contributed by atoms with Gasteiger partial charge in [0.15, 0.2) is 0 Å². The van der Waals surface area contributed by atoms with Crippen molar-refractivity contribution in [2.24, 2.45) is 0 Å². The van der Waals surface area contributed by atoms with Crippen LogP contribution in [0, 0.1) is 0 Å². The molecule has 0 aliphatic rings. The molecule has 0 amide bonds. The first-order valence-corrected chi connectivity index (χ1v) is 10.7. The van der Waals surface area contributed by atoms with E-state index in [1.54, 1.807) is 26.6 Å². The van der Waals surface area contributed by atoms with E-state index in [9.17, 15) is 4.55 Å². The fourth-order valence-corrected chi connectivity index (χ4v) is 5.31. The van der Waals surface area contributed by atoms with Gasteiger partial charge in [-0.2, -0.15) is 0 Å². The van der Waals surface area contributed by atoms with E-state index in [1.807, 2.05) is 6.07 Å². The quantitative estimate of drug-likeness (QED) is 0.581. The summed E-state index contributed by atoms with van der Waals surface area (Å²) in [6.07, 6.45) is 3.48. The molecule has 3 N–H and O–H groups in total. The second-order valence-corrected chi connectivity index (χ2v) is 9.09. The highest BCUT2D eigenvalue weighted by atomic mass is 32.2. The molecule has 1 atom stereocenters. The normalized spacial score (nSPS) is 12.7. The molecule has 0 saturated carbocycles. The van der Waals surface area contributed by atoms with Gasteiger partial charge in [0.25, 0.3) is 0 Å². The van der Waals surface area contributed by atoms with Gasteiger partial charge in [0.2, 0.25) is 10.2 Å². The number of thiophene rings is 1. The Morgan fingerprint density at radius 1 is 1.33 bits per heavy atom. The Bertz CT molecular complexity index is 928. The Hall–Kier alpha value is -1.94. The highest BCUT2D eigenvalue weighted by Gasteiger charge is 2.25. The third-order valence-corrected chi connectivity index (χ3v) is 7.04. The van der Waals surface area contributed by atoms with Crippen molar-refractivity contribution in [1.29, 1.82) is 0 Å². The number of anilines is 2. The number of hydrogen-bond acceptors (Lipinski definition) is 8. The number of nitrogen functional groups attached to an aromatic ring is 1. The second-order valence-electron chi connectivity index (χ2n) is 6.32. The van der Waals surface area contributed by atoms with Crippen molar-refractivity contribution in [2.75, 3.05) is 37.6 Å². The van der Waals surface area contributed by atoms with Crippen LogP contribution < -0.4 is 11.1 Å². The average molecular weight is 406 g/mol. The third-order valence-electron chi connectivity index (χ3n) is 4.17. The lowest BCUT2D eigenvalue weighted by Gasteiger charge is -2.11. The van der Waals surface area contributed by atoms with Crippen molar-refractivity contribution in [3.8, 4) is 11.3 Å². The molecule has 3 aromatic rings. The fourth-order valence-electron chi connectivity index (χ4n) is 2.74. The fraction of sp³-hybridized carbons (Fsp3) is 0.389. The Morgan fingerprint density at radius 2 is 2.04 bits per heavy atom. The summed E-state index contributed by atoms with van der Waals surface area (Å²) in [5.74, 6) is 1.21. The van der Waals surface area contributed by atoms with Gasteiger partial charge in [-0.15, -0.1) is 0 Å². The molecule has 0 bridgehead atoms. The molecule has 0 unspecified atom stereocenters. The molecule has 0 fully saturated rings. The summed E-state index contributed by atoms with van der Waals surface area (Å²) < 4.78 is 18.3. The molecular formula is C18H23N5O2S2. The van der Waals surface area contributed by atoms with Crippen LogP contribution in [0.5, 0.6) is 0 Å². The number of nitrogens with one attached hydrogen (secondary N) is 1. The summed E-state index contributed by atoms with van der Waals surface area (Å²) >= 11 is 0.177. The predicted octanol–water partition coefficient (Wildman–Crippen LogP) is 3.25. The largest absolute Gasteiger partial charge is 0.611 e. The van der Waals surface area contributed by atoms with E-state index in [4.69, 9.17) is 15.5 Å². The maximum atomic E-state index is 12.6. The number of fused-ring (bicyclic) bond motifs is 1. The van der Waals surface area contributed by atoms with E-state index in [0.717, 1.165) is 27.0 Å². The molecule has 0 aromatic carbocycles. The van der Waals surface area contributed by atoms with Gasteiger partial charge in [-0.1, -0.05) is 25.2 Å². The number of pyridine rings is 1. The van der Waals surface area contributed by atoms with E-state index in [2.05, 4.69) is 29.1 Å². The molecule has 7 nitrogen and oxygen atoms in total. The summed E-state index contributed by atoms with van der Waals surface area (Å²) in [4.78, 5) is 14.1. The molecule has 9 heteroatoms. The van der Waals surface area contributed by atoms with Gasteiger partial charge in [-0.05, 0) is 17.5 Å². The number of ether oxygens (including phenoxy) is 1. The number of nitrogens with two attached hydrogens (primary N) is 1. The van der Waals surface area contributed by atoms with Crippen LogP contribution in [0.25, 0.3) is 21.5 Å². The van der Waals surface area contributed by atoms with Crippen molar-refractivity contribution in [1.82, 2.24) is 15.0 Å². The van der Waals surface area contributed by atoms with E-state index in [0.29, 0.717) is 28.2 Å². The van der Waals surface area contributed by atoms with E-state index in [1.165, 1.54) is 11.3 Å². The summed E-state index contributed by atoms with van der Waals surface area (Å²) in [6, 6.07) is 2.02. The number of methoxy groups -OCH3 is 1. The Balaban J connectivity index is 2.12. The molecule has 3 heterocycles. The topological polar surface area (TPSA) is 109 Å². The minimum absolute atomic E-state index is 0.240. The highest BCUT2D eigenvalue weighted by Crippen LogP contribution is 2.41. The molecule has 3 aromatic heterocycles. The van der Waals surface area contributed by atoms with Crippen LogP contribution in [0.15, 0.2) is 22.7 Å². The SMILES string of the molecule is CNc1ncc(-c2cc(C(C)C)c3c(N)c([S@@+]([O-])CCOC)sc3n2)cn1. The first kappa shape index (κ1) is 19.8. The van der Waals surface area contributed by atoms with Gasteiger partial charge in [-0.25, -0.2) is 15.0 Å². The zero-order chi connectivity index (χ0) is 19.6. The molecule has 0 spiro atoms. The van der Waals surface area contributed by atoms with Gasteiger partial charge in [0, 0.05) is 48.7 Å². The summed E-state index contributed by atoms with van der Waals surface area (Å²) in [5.41, 5.74) is 9.63. The van der Waals surface area contributed by atoms with Gasteiger partial charge in [-0.3, -0.25) is 0 Å². The lowest BCUT2D eigenvalue weighted by atomic mass is 9.98. The van der Waals surface area contributed by atoms with Crippen LogP contribution in [0.1, 0.15) is 25.3 Å². The average Bonchev–Trinajstić information content (AvgIpc) is 3.02. The zero-order valence-corrected chi connectivity index (χ0v) is 17.4. The van der Waals surface area contributed by atoms with Crippen molar-refractivity contribution >= 4 is 44.4 Å². The van der Waals surface area contributed by atoms with Crippen molar-refractivity contribution < 1.29 is 9.29 Å². The lowest BCUT2D eigenvalue weighted by Crippen LogP contribution is -2.11. The Labute approximate surface area is 165 Å². The summed E-state index contributed by atoms with van der Waals surface area (Å²) in [7, 11) is 3.37. The molecule has 3 rings (SSSR count). The minimum atomic E-state index is -1.21. The van der Waals surface area contributed by atoms with Crippen LogP contribution >= 0.6 is 11.3 Å². The van der Waals surface area contributed by atoms with Crippen molar-refractivity contribution in [3.05, 3.63) is 24.0 Å². The number of aromatic nitrogens is 3. The lowest BCUT2D eigenvalue weighted by molar-refractivity contribution is 0.217. The van der Waals surface area contributed by atoms with E-state index in [-0.39, 0.29) is 5.92 Å². The van der Waals surface area contributed by atoms with Crippen LogP contribution in [-0.2, 0) is 15.9 Å². The predicted molar refractivity (Wildman–Crippen MR) is 112 cm³/mol. The molecule has 0 aliphatic carbocycles. The number of hydrogen-bond donors (Lipinski definition) is 2. The van der Waals surface area contributed by atoms with Gasteiger partial charge >= 0.3 is 0 Å². The van der Waals surface area contributed by atoms with Gasteiger partial charge in [0.1, 0.15) is 16.3 Å². The van der Waals surface area contributed by atoms with Crippen molar-refractivity contribution in [3.63, 3.8) is 0 Å². The smallest absolute Gasteiger partial charge is 0.232 e. The molecule has 27 heavy (non-hydrogen) atoms. The van der Waals surface area contributed by atoms with Gasteiger partial charge in [0.05, 0.1) is 12.3 Å². The second kappa shape index (κ2) is 8.39. The Morgan fingerprint density at radius 3 is 2.63 bits per heavy atom. The van der Waals surface area contributed by atoms with E-state index >= 15 is 0 Å². The summed E-state index contributed by atoms with van der Waals surface area (Å²) in [5, 5.41) is 3.80. The van der Waals surface area contributed by atoms with Crippen LogP contribution in [0.2, 0.25) is 0 Å². The van der Waals surface area contributed by atoms with Crippen molar-refractivity contribution in [2.45, 2.75) is 24.0 Å². The number of rotatable bonds is 7. The van der Waals surface area contributed by atoms with Crippen LogP contribution in [0.4, 0.5) is 11.6 Å². The first-order chi connectivity index (χ1) is 13.0. The summed E-state index contributed by atoms with van der Waals surface area (Å²) in [6.45, 7) is 4.64. The van der Waals surface area contributed by atoms with Crippen LogP contribution in [0.3, 0.4) is 0 Å². The third kappa shape index (κ3) is 4.01. The molecular weight excluding hydrogens is 382 g/mol. The first-order valence-electron chi connectivity index (χ1n) is 8.56. The van der Waals surface area contributed by atoms with Gasteiger partial charge < -0.3 is 20.3 Å². The molecule has 0 saturated heterocycles.